The largest absolute Gasteiger partial charge is 0.360 e. The number of nitrogens with zero attached hydrogens (tertiary/aromatic N) is 3. The van der Waals surface area contributed by atoms with E-state index in [0.717, 1.165) is 49.0 Å². The lowest BCUT2D eigenvalue weighted by Gasteiger charge is -2.23. The van der Waals surface area contributed by atoms with Crippen LogP contribution in [0.5, 0.6) is 0 Å². The Morgan fingerprint density at radius 3 is 2.65 bits per heavy atom. The molecule has 0 radical (unpaired) electrons. The highest BCUT2D eigenvalue weighted by atomic mass is 32.2. The lowest BCUT2D eigenvalue weighted by molar-refractivity contribution is 0.415. The second kappa shape index (κ2) is 7.48. The van der Waals surface area contributed by atoms with E-state index in [9.17, 15) is 0 Å². The maximum Gasteiger partial charge on any atom is 0.141 e. The fourth-order valence-corrected chi connectivity index (χ4v) is 3.13. The summed E-state index contributed by atoms with van der Waals surface area (Å²) in [6.07, 6.45) is 2.30. The minimum Gasteiger partial charge on any atom is -0.360 e. The van der Waals surface area contributed by atoms with Gasteiger partial charge in [-0.2, -0.15) is 0 Å². The van der Waals surface area contributed by atoms with E-state index in [-0.39, 0.29) is 0 Å². The third-order valence-electron chi connectivity index (χ3n) is 3.21. The molecule has 0 spiro atoms. The van der Waals surface area contributed by atoms with Gasteiger partial charge in [-0.05, 0) is 31.9 Å². The Labute approximate surface area is 126 Å². The zero-order valence-electron chi connectivity index (χ0n) is 12.6. The van der Waals surface area contributed by atoms with Crippen molar-refractivity contribution in [2.45, 2.75) is 38.5 Å². The molecule has 0 fully saturated rings. The van der Waals surface area contributed by atoms with Crippen LogP contribution in [0.3, 0.4) is 0 Å². The molecule has 0 aromatic heterocycles. The molecule has 0 unspecified atom stereocenters. The Bertz CT molecular complexity index is 502. The van der Waals surface area contributed by atoms with Crippen LogP contribution in [0.2, 0.25) is 0 Å². The first kappa shape index (κ1) is 15.1. The molecule has 0 amide bonds. The summed E-state index contributed by atoms with van der Waals surface area (Å²) in [6, 6.07) is 8.27. The summed E-state index contributed by atoms with van der Waals surface area (Å²) >= 11 is 1.82. The van der Waals surface area contributed by atoms with Crippen LogP contribution in [0, 0.1) is 0 Å². The predicted octanol–water partition coefficient (Wildman–Crippen LogP) is 4.36. The van der Waals surface area contributed by atoms with Crippen molar-refractivity contribution in [2.75, 3.05) is 18.8 Å². The molecule has 3 nitrogen and oxygen atoms in total. The molecule has 108 valence electrons. The highest BCUT2D eigenvalue weighted by Gasteiger charge is 2.12. The van der Waals surface area contributed by atoms with E-state index < -0.39 is 0 Å². The Kier molecular flexibility index (Phi) is 5.65. The molecule has 0 atom stereocenters. The average molecular weight is 289 g/mol. The van der Waals surface area contributed by atoms with E-state index in [0.29, 0.717) is 0 Å². The standard InChI is InChI=1S/C16H23N3S/c1-4-10-19(11-5-2)13(3)17-16-12-20-15-9-7-6-8-14(15)18-16/h6-9H,4-5,10-12H2,1-3H3/b17-13+. The molecule has 0 N–H and O–H groups in total. The van der Waals surface area contributed by atoms with E-state index >= 15 is 0 Å². The van der Waals surface area contributed by atoms with Crippen molar-refractivity contribution >= 4 is 29.1 Å². The van der Waals surface area contributed by atoms with Gasteiger partial charge in [-0.3, -0.25) is 0 Å². The molecule has 1 aromatic carbocycles. The van der Waals surface area contributed by atoms with Crippen LogP contribution in [-0.2, 0) is 0 Å². The van der Waals surface area contributed by atoms with Gasteiger partial charge in [-0.25, -0.2) is 9.98 Å². The lowest BCUT2D eigenvalue weighted by Crippen LogP contribution is -2.31. The molecule has 0 bridgehead atoms. The van der Waals surface area contributed by atoms with Gasteiger partial charge < -0.3 is 4.90 Å². The van der Waals surface area contributed by atoms with Crippen LogP contribution in [-0.4, -0.2) is 35.4 Å². The number of hydrogen-bond donors (Lipinski definition) is 0. The molecule has 0 saturated carbocycles. The van der Waals surface area contributed by atoms with E-state index in [1.54, 1.807) is 0 Å². The van der Waals surface area contributed by atoms with Crippen LogP contribution < -0.4 is 0 Å². The van der Waals surface area contributed by atoms with Gasteiger partial charge >= 0.3 is 0 Å². The smallest absolute Gasteiger partial charge is 0.141 e. The van der Waals surface area contributed by atoms with E-state index in [1.807, 2.05) is 17.8 Å². The minimum absolute atomic E-state index is 0.862. The fourth-order valence-electron chi connectivity index (χ4n) is 2.28. The van der Waals surface area contributed by atoms with Crippen LogP contribution >= 0.6 is 11.8 Å². The molecule has 2 rings (SSSR count). The number of thioether (sulfide) groups is 1. The second-order valence-electron chi connectivity index (χ2n) is 4.93. The zero-order chi connectivity index (χ0) is 14.4. The van der Waals surface area contributed by atoms with Gasteiger partial charge in [0.15, 0.2) is 0 Å². The van der Waals surface area contributed by atoms with E-state index in [4.69, 9.17) is 4.99 Å². The van der Waals surface area contributed by atoms with Gasteiger partial charge in [-0.15, -0.1) is 11.8 Å². The van der Waals surface area contributed by atoms with Gasteiger partial charge in [0.05, 0.1) is 11.4 Å². The first-order chi connectivity index (χ1) is 9.74. The zero-order valence-corrected chi connectivity index (χ0v) is 13.4. The number of benzene rings is 1. The Balaban J connectivity index is 2.16. The van der Waals surface area contributed by atoms with E-state index in [2.05, 4.69) is 48.9 Å². The molecule has 4 heteroatoms. The molecule has 0 aliphatic carbocycles. The predicted molar refractivity (Wildman–Crippen MR) is 89.5 cm³/mol. The molecule has 1 aliphatic rings. The summed E-state index contributed by atoms with van der Waals surface area (Å²) in [6.45, 7) is 8.65. The molecule has 20 heavy (non-hydrogen) atoms. The van der Waals surface area contributed by atoms with Crippen LogP contribution in [0.25, 0.3) is 0 Å². The van der Waals surface area contributed by atoms with Crippen molar-refractivity contribution in [3.8, 4) is 0 Å². The topological polar surface area (TPSA) is 28.0 Å². The number of para-hydroxylation sites is 1. The van der Waals surface area contributed by atoms with Gasteiger partial charge in [0.25, 0.3) is 0 Å². The number of amidine groups is 2. The summed E-state index contributed by atoms with van der Waals surface area (Å²) in [5.74, 6) is 2.89. The maximum absolute atomic E-state index is 4.74. The van der Waals surface area contributed by atoms with Gasteiger partial charge in [0.2, 0.25) is 0 Å². The first-order valence-electron chi connectivity index (χ1n) is 7.34. The van der Waals surface area contributed by atoms with Crippen molar-refractivity contribution in [3.63, 3.8) is 0 Å². The lowest BCUT2D eigenvalue weighted by atomic mass is 10.3. The van der Waals surface area contributed by atoms with Gasteiger partial charge in [0.1, 0.15) is 11.7 Å². The Hall–Kier alpha value is -1.29. The molecule has 1 aromatic rings. The monoisotopic (exact) mass is 289 g/mol. The average Bonchev–Trinajstić information content (AvgIpc) is 2.47. The normalized spacial score (nSPS) is 14.8. The fraction of sp³-hybridized carbons (Fsp3) is 0.500. The number of aliphatic imine (C=N–C) groups is 2. The summed E-state index contributed by atoms with van der Waals surface area (Å²) < 4.78 is 0. The van der Waals surface area contributed by atoms with Gasteiger partial charge in [0, 0.05) is 18.0 Å². The number of hydrogen-bond acceptors (Lipinski definition) is 3. The van der Waals surface area contributed by atoms with Crippen LogP contribution in [0.15, 0.2) is 39.1 Å². The quantitative estimate of drug-likeness (QED) is 0.608. The highest BCUT2D eigenvalue weighted by Crippen LogP contribution is 2.33. The summed E-state index contributed by atoms with van der Waals surface area (Å²) in [5, 5.41) is 0. The number of fused-ring (bicyclic) bond motifs is 1. The molecule has 1 aliphatic heterocycles. The third-order valence-corrected chi connectivity index (χ3v) is 4.27. The molecule has 1 heterocycles. The van der Waals surface area contributed by atoms with Crippen molar-refractivity contribution in [1.29, 1.82) is 0 Å². The van der Waals surface area contributed by atoms with Crippen molar-refractivity contribution in [2.24, 2.45) is 9.98 Å². The van der Waals surface area contributed by atoms with Gasteiger partial charge in [-0.1, -0.05) is 26.0 Å². The van der Waals surface area contributed by atoms with Crippen LogP contribution in [0.4, 0.5) is 5.69 Å². The molecular formula is C16H23N3S. The minimum atomic E-state index is 0.862. The third kappa shape index (κ3) is 3.85. The molecule has 0 saturated heterocycles. The van der Waals surface area contributed by atoms with Crippen molar-refractivity contribution < 1.29 is 0 Å². The summed E-state index contributed by atoms with van der Waals surface area (Å²) in [5.41, 5.74) is 1.05. The van der Waals surface area contributed by atoms with Crippen molar-refractivity contribution in [3.05, 3.63) is 24.3 Å². The second-order valence-corrected chi connectivity index (χ2v) is 5.95. The SMILES string of the molecule is CCCN(CCC)/C(C)=N/C1=Nc2ccccc2SC1. The molecular weight excluding hydrogens is 266 g/mol. The Morgan fingerprint density at radius 2 is 1.95 bits per heavy atom. The first-order valence-corrected chi connectivity index (χ1v) is 8.32. The number of rotatable bonds is 4. The summed E-state index contributed by atoms with van der Waals surface area (Å²) in [4.78, 5) is 13.0. The highest BCUT2D eigenvalue weighted by molar-refractivity contribution is 8.00. The Morgan fingerprint density at radius 1 is 1.25 bits per heavy atom. The van der Waals surface area contributed by atoms with Crippen molar-refractivity contribution in [1.82, 2.24) is 4.90 Å². The van der Waals surface area contributed by atoms with Crippen LogP contribution in [0.1, 0.15) is 33.6 Å². The summed E-state index contributed by atoms with van der Waals surface area (Å²) in [7, 11) is 0. The maximum atomic E-state index is 4.74. The van der Waals surface area contributed by atoms with E-state index in [1.165, 1.54) is 4.90 Å².